The van der Waals surface area contributed by atoms with Crippen LogP contribution in [0.3, 0.4) is 0 Å². The van der Waals surface area contributed by atoms with Crippen LogP contribution in [0.15, 0.2) is 24.5 Å². The summed E-state index contributed by atoms with van der Waals surface area (Å²) in [6.07, 6.45) is 0.404. The fourth-order valence-corrected chi connectivity index (χ4v) is 1.29. The lowest BCUT2D eigenvalue weighted by molar-refractivity contribution is -0.144. The Morgan fingerprint density at radius 2 is 1.76 bits per heavy atom. The minimum Gasteiger partial charge on any atom is -0.251 e. The van der Waals surface area contributed by atoms with Gasteiger partial charge in [0.05, 0.1) is 6.20 Å². The van der Waals surface area contributed by atoms with Crippen LogP contribution < -0.4 is 0 Å². The van der Waals surface area contributed by atoms with Gasteiger partial charge in [0.25, 0.3) is 0 Å². The molecule has 17 heavy (non-hydrogen) atoms. The summed E-state index contributed by atoms with van der Waals surface area (Å²) in [7, 11) is 0. The van der Waals surface area contributed by atoms with Crippen molar-refractivity contribution in [3.05, 3.63) is 42.2 Å². The highest BCUT2D eigenvalue weighted by molar-refractivity contribution is 5.61. The Morgan fingerprint density at radius 1 is 1.12 bits per heavy atom. The van der Waals surface area contributed by atoms with Crippen LogP contribution in [-0.4, -0.2) is 15.0 Å². The molecule has 2 heterocycles. The lowest BCUT2D eigenvalue weighted by Crippen LogP contribution is -2.10. The van der Waals surface area contributed by atoms with E-state index in [0.717, 1.165) is 18.1 Å². The van der Waals surface area contributed by atoms with Gasteiger partial charge in [-0.1, -0.05) is 0 Å². The maximum Gasteiger partial charge on any atom is 0.451 e. The molecule has 6 heteroatoms. The second kappa shape index (κ2) is 4.12. The van der Waals surface area contributed by atoms with Crippen LogP contribution in [0.2, 0.25) is 0 Å². The maximum atomic E-state index is 12.2. The SMILES string of the molecule is Cc1cc(-c2cnc(C(F)(F)F)nc2)c[c]n1. The van der Waals surface area contributed by atoms with Crippen LogP contribution in [0.25, 0.3) is 11.1 Å². The number of alkyl halides is 3. The van der Waals surface area contributed by atoms with Gasteiger partial charge in [-0.15, -0.1) is 0 Å². The van der Waals surface area contributed by atoms with E-state index in [1.165, 1.54) is 0 Å². The van der Waals surface area contributed by atoms with E-state index in [0.29, 0.717) is 11.1 Å². The molecular weight excluding hydrogens is 231 g/mol. The van der Waals surface area contributed by atoms with Gasteiger partial charge in [0.2, 0.25) is 5.82 Å². The maximum absolute atomic E-state index is 12.2. The second-order valence-electron chi connectivity index (χ2n) is 3.42. The van der Waals surface area contributed by atoms with Crippen molar-refractivity contribution in [1.29, 1.82) is 0 Å². The molecule has 2 aromatic rings. The summed E-state index contributed by atoms with van der Waals surface area (Å²) >= 11 is 0. The van der Waals surface area contributed by atoms with Crippen molar-refractivity contribution in [3.8, 4) is 11.1 Å². The number of rotatable bonds is 1. The standard InChI is InChI=1S/C11H7F3N3/c1-7-4-8(2-3-15-7)9-5-16-10(17-6-9)11(12,13)14/h2,4-6H,1H3. The Bertz CT molecular complexity index is 520. The predicted octanol–water partition coefficient (Wildman–Crippen LogP) is 2.67. The van der Waals surface area contributed by atoms with E-state index in [2.05, 4.69) is 21.1 Å². The average molecular weight is 238 g/mol. The molecular formula is C11H7F3N3. The normalized spacial score (nSPS) is 11.5. The van der Waals surface area contributed by atoms with Crippen LogP contribution in [0.1, 0.15) is 11.5 Å². The summed E-state index contributed by atoms with van der Waals surface area (Å²) < 4.78 is 36.7. The van der Waals surface area contributed by atoms with Gasteiger partial charge in [0.15, 0.2) is 0 Å². The number of aromatic nitrogens is 3. The predicted molar refractivity (Wildman–Crippen MR) is 53.8 cm³/mol. The monoisotopic (exact) mass is 238 g/mol. The van der Waals surface area contributed by atoms with Crippen molar-refractivity contribution in [2.75, 3.05) is 0 Å². The Morgan fingerprint density at radius 3 is 2.29 bits per heavy atom. The Balaban J connectivity index is 2.36. The van der Waals surface area contributed by atoms with Crippen molar-refractivity contribution in [2.45, 2.75) is 13.1 Å². The highest BCUT2D eigenvalue weighted by Gasteiger charge is 2.34. The number of pyridine rings is 1. The number of halogens is 3. The number of aryl methyl sites for hydroxylation is 1. The van der Waals surface area contributed by atoms with Crippen molar-refractivity contribution < 1.29 is 13.2 Å². The Kier molecular flexibility index (Phi) is 2.79. The molecule has 2 aromatic heterocycles. The van der Waals surface area contributed by atoms with Crippen LogP contribution in [-0.2, 0) is 6.18 Å². The lowest BCUT2D eigenvalue weighted by atomic mass is 10.1. The van der Waals surface area contributed by atoms with Crippen molar-refractivity contribution in [2.24, 2.45) is 0 Å². The molecule has 0 amide bonds. The molecule has 0 atom stereocenters. The van der Waals surface area contributed by atoms with E-state index in [1.807, 2.05) is 0 Å². The van der Waals surface area contributed by atoms with Crippen molar-refractivity contribution >= 4 is 0 Å². The van der Waals surface area contributed by atoms with Crippen LogP contribution in [0, 0.1) is 13.1 Å². The molecule has 0 bridgehead atoms. The summed E-state index contributed by atoms with van der Waals surface area (Å²) in [5.74, 6) is -1.14. The highest BCUT2D eigenvalue weighted by Crippen LogP contribution is 2.26. The third kappa shape index (κ3) is 2.58. The van der Waals surface area contributed by atoms with Gasteiger partial charge in [-0.3, -0.25) is 4.98 Å². The minimum absolute atomic E-state index is 0.500. The summed E-state index contributed by atoms with van der Waals surface area (Å²) in [5.41, 5.74) is 1.91. The zero-order valence-corrected chi connectivity index (χ0v) is 8.78. The van der Waals surface area contributed by atoms with Gasteiger partial charge in [-0.2, -0.15) is 13.2 Å². The van der Waals surface area contributed by atoms with Crippen molar-refractivity contribution in [3.63, 3.8) is 0 Å². The van der Waals surface area contributed by atoms with E-state index in [9.17, 15) is 13.2 Å². The smallest absolute Gasteiger partial charge is 0.251 e. The topological polar surface area (TPSA) is 38.7 Å². The zero-order chi connectivity index (χ0) is 12.5. The van der Waals surface area contributed by atoms with Crippen LogP contribution in [0.4, 0.5) is 13.2 Å². The van der Waals surface area contributed by atoms with Gasteiger partial charge in [-0.25, -0.2) is 9.97 Å². The number of hydrogen-bond donors (Lipinski definition) is 0. The van der Waals surface area contributed by atoms with Crippen molar-refractivity contribution in [1.82, 2.24) is 15.0 Å². The molecule has 2 rings (SSSR count). The second-order valence-corrected chi connectivity index (χ2v) is 3.42. The Labute approximate surface area is 95.4 Å². The van der Waals surface area contributed by atoms with E-state index in [-0.39, 0.29) is 0 Å². The van der Waals surface area contributed by atoms with Gasteiger partial charge >= 0.3 is 6.18 Å². The van der Waals surface area contributed by atoms with E-state index < -0.39 is 12.0 Å². The molecule has 0 saturated heterocycles. The number of nitrogens with zero attached hydrogens (tertiary/aromatic N) is 3. The zero-order valence-electron chi connectivity index (χ0n) is 8.78. The van der Waals surface area contributed by atoms with E-state index >= 15 is 0 Å². The molecule has 3 nitrogen and oxygen atoms in total. The molecule has 0 aliphatic heterocycles. The van der Waals surface area contributed by atoms with Gasteiger partial charge in [-0.05, 0) is 24.6 Å². The van der Waals surface area contributed by atoms with Crippen LogP contribution >= 0.6 is 0 Å². The first-order chi connectivity index (χ1) is 7.97. The fraction of sp³-hybridized carbons (Fsp3) is 0.182. The summed E-state index contributed by atoms with van der Waals surface area (Å²) in [5, 5.41) is 0. The molecule has 0 unspecified atom stereocenters. The molecule has 0 aromatic carbocycles. The van der Waals surface area contributed by atoms with Gasteiger partial charge in [0, 0.05) is 23.7 Å². The molecule has 0 spiro atoms. The molecule has 87 valence electrons. The molecule has 0 aliphatic rings. The van der Waals surface area contributed by atoms with Crippen LogP contribution in [0.5, 0.6) is 0 Å². The third-order valence-electron chi connectivity index (χ3n) is 2.06. The average Bonchev–Trinajstić information content (AvgIpc) is 2.28. The largest absolute Gasteiger partial charge is 0.451 e. The fourth-order valence-electron chi connectivity index (χ4n) is 1.29. The molecule has 0 saturated carbocycles. The van der Waals surface area contributed by atoms with Gasteiger partial charge in [0.1, 0.15) is 0 Å². The highest BCUT2D eigenvalue weighted by atomic mass is 19.4. The molecule has 0 N–H and O–H groups in total. The number of hydrogen-bond acceptors (Lipinski definition) is 3. The summed E-state index contributed by atoms with van der Waals surface area (Å²) in [6.45, 7) is 1.77. The van der Waals surface area contributed by atoms with Gasteiger partial charge < -0.3 is 0 Å². The first-order valence-electron chi connectivity index (χ1n) is 4.71. The summed E-state index contributed by atoms with van der Waals surface area (Å²) in [4.78, 5) is 10.4. The third-order valence-corrected chi connectivity index (χ3v) is 2.06. The molecule has 0 aliphatic carbocycles. The molecule has 1 radical (unpaired) electrons. The molecule has 0 fully saturated rings. The van der Waals surface area contributed by atoms with E-state index in [1.54, 1.807) is 19.1 Å². The van der Waals surface area contributed by atoms with E-state index in [4.69, 9.17) is 0 Å². The summed E-state index contributed by atoms with van der Waals surface area (Å²) in [6, 6.07) is 3.29. The lowest BCUT2D eigenvalue weighted by Gasteiger charge is -2.05. The first kappa shape index (κ1) is 11.5. The first-order valence-corrected chi connectivity index (χ1v) is 4.71. The minimum atomic E-state index is -4.52. The Hall–Kier alpha value is -1.98. The quantitative estimate of drug-likeness (QED) is 0.766.